The molecule has 8 heteroatoms. The van der Waals surface area contributed by atoms with Crippen molar-refractivity contribution < 1.29 is 13.2 Å². The summed E-state index contributed by atoms with van der Waals surface area (Å²) in [5.41, 5.74) is 5.63. The molecule has 1 fully saturated rings. The number of amides is 1. The average Bonchev–Trinajstić information content (AvgIpc) is 3.32. The van der Waals surface area contributed by atoms with Crippen molar-refractivity contribution in [2.24, 2.45) is 5.92 Å². The molecule has 0 saturated carbocycles. The van der Waals surface area contributed by atoms with Gasteiger partial charge in [-0.05, 0) is 86.9 Å². The fraction of sp³-hybridized carbons (Fsp3) is 0.407. The first-order chi connectivity index (χ1) is 16.7. The van der Waals surface area contributed by atoms with Gasteiger partial charge in [0.05, 0.1) is 16.8 Å². The molecule has 0 bridgehead atoms. The van der Waals surface area contributed by atoms with Gasteiger partial charge in [0.15, 0.2) is 0 Å². The van der Waals surface area contributed by atoms with Gasteiger partial charge >= 0.3 is 0 Å². The van der Waals surface area contributed by atoms with E-state index >= 15 is 0 Å². The molecule has 186 valence electrons. The van der Waals surface area contributed by atoms with E-state index < -0.39 is 10.0 Å². The molecule has 2 aromatic carbocycles. The Labute approximate surface area is 208 Å². The van der Waals surface area contributed by atoms with Crippen LogP contribution in [0.15, 0.2) is 53.7 Å². The molecule has 4 rings (SSSR count). The van der Waals surface area contributed by atoms with Gasteiger partial charge in [-0.1, -0.05) is 24.3 Å². The molecule has 1 aromatic heterocycles. The average molecular weight is 495 g/mol. The number of nitrogens with one attached hydrogen (secondary N) is 1. The van der Waals surface area contributed by atoms with E-state index in [1.54, 1.807) is 4.31 Å². The third kappa shape index (κ3) is 5.33. The summed E-state index contributed by atoms with van der Waals surface area (Å²) >= 11 is 0. The molecule has 0 unspecified atom stereocenters. The first kappa shape index (κ1) is 25.1. The number of benzene rings is 2. The highest BCUT2D eigenvalue weighted by atomic mass is 32.2. The van der Waals surface area contributed by atoms with E-state index in [9.17, 15) is 13.2 Å². The van der Waals surface area contributed by atoms with Crippen LogP contribution in [0.5, 0.6) is 0 Å². The van der Waals surface area contributed by atoms with E-state index in [0.717, 1.165) is 33.5 Å². The Balaban J connectivity index is 1.31. The zero-order valence-electron chi connectivity index (χ0n) is 20.9. The second kappa shape index (κ2) is 10.3. The largest absolute Gasteiger partial charge is 0.356 e. The lowest BCUT2D eigenvalue weighted by atomic mass is 9.97. The number of carbonyl (C=O) groups is 1. The smallest absolute Gasteiger partial charge is 0.243 e. The number of aryl methyl sites for hydroxylation is 2. The minimum atomic E-state index is -3.60. The standard InChI is InChI=1S/C27H34N4O3S/c1-19-16-20(2)22(4)26(21(19)3)35(33,34)30-14-11-24(12-15-30)27(32)28-13-10-23-17-29-31(18-23)25-8-6-5-7-9-25/h5-9,16-18,24H,10-15H2,1-4H3,(H,28,32). The van der Waals surface area contributed by atoms with Crippen LogP contribution in [-0.4, -0.2) is 48.0 Å². The van der Waals surface area contributed by atoms with E-state index in [0.29, 0.717) is 43.8 Å². The molecule has 3 aromatic rings. The number of hydrogen-bond donors (Lipinski definition) is 1. The van der Waals surface area contributed by atoms with E-state index in [2.05, 4.69) is 10.4 Å². The molecule has 1 aliphatic rings. The second-order valence-electron chi connectivity index (χ2n) is 9.44. The highest BCUT2D eigenvalue weighted by Gasteiger charge is 2.34. The lowest BCUT2D eigenvalue weighted by molar-refractivity contribution is -0.126. The lowest BCUT2D eigenvalue weighted by Crippen LogP contribution is -2.43. The van der Waals surface area contributed by atoms with Crippen molar-refractivity contribution in [2.45, 2.75) is 51.9 Å². The van der Waals surface area contributed by atoms with Gasteiger partial charge in [0, 0.05) is 31.7 Å². The van der Waals surface area contributed by atoms with Crippen LogP contribution < -0.4 is 5.32 Å². The van der Waals surface area contributed by atoms with Gasteiger partial charge in [-0.2, -0.15) is 9.40 Å². The molecule has 0 radical (unpaired) electrons. The van der Waals surface area contributed by atoms with Crippen LogP contribution in [0.2, 0.25) is 0 Å². The number of hydrogen-bond acceptors (Lipinski definition) is 4. The molecule has 1 saturated heterocycles. The number of piperidine rings is 1. The minimum Gasteiger partial charge on any atom is -0.356 e. The zero-order valence-corrected chi connectivity index (χ0v) is 21.7. The predicted octanol–water partition coefficient (Wildman–Crippen LogP) is 3.87. The van der Waals surface area contributed by atoms with Crippen LogP contribution in [0.3, 0.4) is 0 Å². The van der Waals surface area contributed by atoms with Gasteiger partial charge in [-0.25, -0.2) is 13.1 Å². The Morgan fingerprint density at radius 2 is 1.66 bits per heavy atom. The van der Waals surface area contributed by atoms with Crippen LogP contribution >= 0.6 is 0 Å². The summed E-state index contributed by atoms with van der Waals surface area (Å²) in [6.07, 6.45) is 5.54. The van der Waals surface area contributed by atoms with Crippen molar-refractivity contribution in [1.29, 1.82) is 0 Å². The van der Waals surface area contributed by atoms with Gasteiger partial charge in [-0.3, -0.25) is 4.79 Å². The molecular weight excluding hydrogens is 460 g/mol. The Morgan fingerprint density at radius 3 is 2.29 bits per heavy atom. The summed E-state index contributed by atoms with van der Waals surface area (Å²) in [5, 5.41) is 7.42. The summed E-state index contributed by atoms with van der Waals surface area (Å²) in [7, 11) is -3.60. The van der Waals surface area contributed by atoms with Crippen molar-refractivity contribution in [3.63, 3.8) is 0 Å². The number of nitrogens with zero attached hydrogens (tertiary/aromatic N) is 3. The summed E-state index contributed by atoms with van der Waals surface area (Å²) in [6, 6.07) is 11.9. The van der Waals surface area contributed by atoms with Crippen molar-refractivity contribution in [3.8, 4) is 5.69 Å². The van der Waals surface area contributed by atoms with Crippen molar-refractivity contribution >= 4 is 15.9 Å². The normalized spacial score (nSPS) is 15.3. The number of aromatic nitrogens is 2. The molecule has 0 atom stereocenters. The Hall–Kier alpha value is -2.97. The van der Waals surface area contributed by atoms with E-state index in [4.69, 9.17) is 0 Å². The molecule has 1 aliphatic heterocycles. The van der Waals surface area contributed by atoms with Gasteiger partial charge in [0.1, 0.15) is 0 Å². The molecule has 35 heavy (non-hydrogen) atoms. The van der Waals surface area contributed by atoms with E-state index in [1.165, 1.54) is 0 Å². The maximum Gasteiger partial charge on any atom is 0.243 e. The van der Waals surface area contributed by atoms with Crippen molar-refractivity contribution in [1.82, 2.24) is 19.4 Å². The monoisotopic (exact) mass is 494 g/mol. The SMILES string of the molecule is Cc1cc(C)c(C)c(S(=O)(=O)N2CCC(C(=O)NCCc3cnn(-c4ccccc4)c3)CC2)c1C. The highest BCUT2D eigenvalue weighted by molar-refractivity contribution is 7.89. The fourth-order valence-electron chi connectivity index (χ4n) is 4.74. The zero-order chi connectivity index (χ0) is 25.2. The minimum absolute atomic E-state index is 0.00346. The van der Waals surface area contributed by atoms with Gasteiger partial charge < -0.3 is 5.32 Å². The summed E-state index contributed by atoms with van der Waals surface area (Å²) in [4.78, 5) is 13.2. The molecule has 0 spiro atoms. The van der Waals surface area contributed by atoms with Gasteiger partial charge in [-0.15, -0.1) is 0 Å². The number of carbonyl (C=O) groups excluding carboxylic acids is 1. The quantitative estimate of drug-likeness (QED) is 0.541. The van der Waals surface area contributed by atoms with Crippen molar-refractivity contribution in [2.75, 3.05) is 19.6 Å². The summed E-state index contributed by atoms with van der Waals surface area (Å²) < 4.78 is 30.3. The van der Waals surface area contributed by atoms with E-state index in [1.807, 2.05) is 81.2 Å². The molecule has 7 nitrogen and oxygen atoms in total. The van der Waals surface area contributed by atoms with Crippen molar-refractivity contribution in [3.05, 3.63) is 76.6 Å². The molecular formula is C27H34N4O3S. The molecule has 1 N–H and O–H groups in total. The Bertz CT molecular complexity index is 1280. The lowest BCUT2D eigenvalue weighted by Gasteiger charge is -2.31. The number of para-hydroxylation sites is 1. The van der Waals surface area contributed by atoms with Gasteiger partial charge in [0.25, 0.3) is 0 Å². The third-order valence-corrected chi connectivity index (χ3v) is 9.26. The maximum atomic E-state index is 13.5. The van der Waals surface area contributed by atoms with Crippen LogP contribution in [0.1, 0.15) is 40.7 Å². The summed E-state index contributed by atoms with van der Waals surface area (Å²) in [5.74, 6) is -0.175. The fourth-order valence-corrected chi connectivity index (χ4v) is 6.79. The van der Waals surface area contributed by atoms with Gasteiger partial charge in [0.2, 0.25) is 15.9 Å². The number of sulfonamides is 1. The molecule has 0 aliphatic carbocycles. The maximum absolute atomic E-state index is 13.5. The number of rotatable bonds is 7. The Morgan fingerprint density at radius 1 is 1.03 bits per heavy atom. The molecule has 1 amide bonds. The Kier molecular flexibility index (Phi) is 7.42. The van der Waals surface area contributed by atoms with Crippen LogP contribution in [-0.2, 0) is 21.2 Å². The molecule has 2 heterocycles. The van der Waals surface area contributed by atoms with Crippen LogP contribution in [0.25, 0.3) is 5.69 Å². The summed E-state index contributed by atoms with van der Waals surface area (Å²) in [6.45, 7) is 8.88. The first-order valence-corrected chi connectivity index (χ1v) is 13.6. The topological polar surface area (TPSA) is 84.3 Å². The highest BCUT2D eigenvalue weighted by Crippen LogP contribution is 2.31. The first-order valence-electron chi connectivity index (χ1n) is 12.1. The van der Waals surface area contributed by atoms with E-state index in [-0.39, 0.29) is 11.8 Å². The predicted molar refractivity (Wildman–Crippen MR) is 137 cm³/mol. The van der Waals surface area contributed by atoms with Crippen LogP contribution in [0, 0.1) is 33.6 Å². The third-order valence-electron chi connectivity index (χ3n) is 7.09. The second-order valence-corrected chi connectivity index (χ2v) is 11.3. The van der Waals surface area contributed by atoms with Crippen LogP contribution in [0.4, 0.5) is 0 Å².